The molecule has 2 aromatic heterocycles. The van der Waals surface area contributed by atoms with Crippen molar-refractivity contribution in [3.05, 3.63) is 66.0 Å². The summed E-state index contributed by atoms with van der Waals surface area (Å²) < 4.78 is 3.76. The summed E-state index contributed by atoms with van der Waals surface area (Å²) in [5.74, 6) is 0.735. The summed E-state index contributed by atoms with van der Waals surface area (Å²) >= 11 is 0. The van der Waals surface area contributed by atoms with Crippen LogP contribution >= 0.6 is 0 Å². The minimum absolute atomic E-state index is 0.161. The summed E-state index contributed by atoms with van der Waals surface area (Å²) in [6.07, 6.45) is 1.58. The third-order valence-electron chi connectivity index (χ3n) is 4.67. The highest BCUT2D eigenvalue weighted by Crippen LogP contribution is 2.25. The number of benzene rings is 2. The maximum atomic E-state index is 12.4. The highest BCUT2D eigenvalue weighted by molar-refractivity contribution is 6.05. The molecule has 1 N–H and O–H groups in total. The first-order valence-corrected chi connectivity index (χ1v) is 8.36. The summed E-state index contributed by atoms with van der Waals surface area (Å²) in [6, 6.07) is 15.8. The van der Waals surface area contributed by atoms with Gasteiger partial charge in [0.15, 0.2) is 0 Å². The predicted octanol–water partition coefficient (Wildman–Crippen LogP) is 3.53. The number of para-hydroxylation sites is 2. The fourth-order valence-electron chi connectivity index (χ4n) is 3.03. The van der Waals surface area contributed by atoms with E-state index in [4.69, 9.17) is 4.98 Å². The van der Waals surface area contributed by atoms with Gasteiger partial charge in [-0.15, -0.1) is 0 Å². The van der Waals surface area contributed by atoms with E-state index in [1.54, 1.807) is 10.9 Å². The molecule has 0 aliphatic rings. The largest absolute Gasteiger partial charge is 0.327 e. The second-order valence-electron chi connectivity index (χ2n) is 6.28. The van der Waals surface area contributed by atoms with Gasteiger partial charge in [-0.2, -0.15) is 5.10 Å². The molecule has 1 amide bonds. The maximum absolute atomic E-state index is 12.4. The number of rotatable bonds is 3. The van der Waals surface area contributed by atoms with Crippen molar-refractivity contribution in [2.45, 2.75) is 6.92 Å². The van der Waals surface area contributed by atoms with Gasteiger partial charge in [-0.25, -0.2) is 4.98 Å². The van der Waals surface area contributed by atoms with E-state index in [1.165, 1.54) is 0 Å². The van der Waals surface area contributed by atoms with Gasteiger partial charge in [0.1, 0.15) is 5.82 Å². The zero-order valence-corrected chi connectivity index (χ0v) is 14.9. The Morgan fingerprint density at radius 1 is 1.04 bits per heavy atom. The molecule has 4 rings (SSSR count). The molecule has 0 atom stereocenters. The number of anilines is 1. The second-order valence-corrected chi connectivity index (χ2v) is 6.28. The van der Waals surface area contributed by atoms with Crippen LogP contribution in [0.5, 0.6) is 0 Å². The van der Waals surface area contributed by atoms with Crippen molar-refractivity contribution >= 4 is 22.6 Å². The standard InChI is InChI=1S/C20H19N5O/c1-13-16(12-21-25(13)3)20(26)22-15-10-8-14(9-11-15)19-23-17-6-4-5-7-18(17)24(19)2/h4-12H,1-3H3,(H,22,26). The second kappa shape index (κ2) is 6.15. The van der Waals surface area contributed by atoms with Gasteiger partial charge in [0.05, 0.1) is 22.8 Å². The molecule has 0 aliphatic carbocycles. The number of nitrogens with one attached hydrogen (secondary N) is 1. The van der Waals surface area contributed by atoms with Crippen LogP contribution in [0.4, 0.5) is 5.69 Å². The van der Waals surface area contributed by atoms with Crippen molar-refractivity contribution in [1.82, 2.24) is 19.3 Å². The summed E-state index contributed by atoms with van der Waals surface area (Å²) in [5, 5.41) is 7.02. The first-order valence-electron chi connectivity index (χ1n) is 8.36. The molecule has 4 aromatic rings. The van der Waals surface area contributed by atoms with E-state index in [0.29, 0.717) is 5.56 Å². The zero-order chi connectivity index (χ0) is 18.3. The fourth-order valence-corrected chi connectivity index (χ4v) is 3.03. The molecule has 6 nitrogen and oxygen atoms in total. The van der Waals surface area contributed by atoms with Crippen LogP contribution in [-0.2, 0) is 14.1 Å². The van der Waals surface area contributed by atoms with Crippen LogP contribution in [0, 0.1) is 6.92 Å². The third kappa shape index (κ3) is 2.65. The molecule has 26 heavy (non-hydrogen) atoms. The van der Waals surface area contributed by atoms with E-state index >= 15 is 0 Å². The van der Waals surface area contributed by atoms with Crippen molar-refractivity contribution in [2.75, 3.05) is 5.32 Å². The molecule has 6 heteroatoms. The van der Waals surface area contributed by atoms with Crippen LogP contribution in [0.25, 0.3) is 22.4 Å². The van der Waals surface area contributed by atoms with Crippen LogP contribution in [0.15, 0.2) is 54.7 Å². The summed E-state index contributed by atoms with van der Waals surface area (Å²) in [5.41, 5.74) is 5.20. The molecular weight excluding hydrogens is 326 g/mol. The lowest BCUT2D eigenvalue weighted by Crippen LogP contribution is -2.12. The predicted molar refractivity (Wildman–Crippen MR) is 102 cm³/mol. The summed E-state index contributed by atoms with van der Waals surface area (Å²) in [7, 11) is 3.82. The van der Waals surface area contributed by atoms with Gasteiger partial charge < -0.3 is 9.88 Å². The van der Waals surface area contributed by atoms with E-state index in [0.717, 1.165) is 33.8 Å². The zero-order valence-electron chi connectivity index (χ0n) is 14.9. The van der Waals surface area contributed by atoms with Crippen molar-refractivity contribution in [3.63, 3.8) is 0 Å². The molecule has 0 fully saturated rings. The van der Waals surface area contributed by atoms with E-state index in [1.807, 2.05) is 63.5 Å². The Morgan fingerprint density at radius 3 is 2.42 bits per heavy atom. The topological polar surface area (TPSA) is 64.7 Å². The first kappa shape index (κ1) is 16.1. The van der Waals surface area contributed by atoms with Crippen molar-refractivity contribution in [1.29, 1.82) is 0 Å². The monoisotopic (exact) mass is 345 g/mol. The molecule has 0 unspecified atom stereocenters. The molecule has 130 valence electrons. The summed E-state index contributed by atoms with van der Waals surface area (Å²) in [4.78, 5) is 17.1. The smallest absolute Gasteiger partial charge is 0.259 e. The average molecular weight is 345 g/mol. The number of carbonyl (C=O) groups excluding carboxylic acids is 1. The van der Waals surface area contributed by atoms with Crippen LogP contribution < -0.4 is 5.32 Å². The Labute approximate surface area is 151 Å². The Bertz CT molecular complexity index is 1110. The number of hydrogen-bond donors (Lipinski definition) is 1. The van der Waals surface area contributed by atoms with Gasteiger partial charge in [-0.05, 0) is 43.3 Å². The molecule has 0 aliphatic heterocycles. The first-order chi connectivity index (χ1) is 12.5. The molecule has 0 radical (unpaired) electrons. The number of aryl methyl sites for hydroxylation is 2. The van der Waals surface area contributed by atoms with Crippen molar-refractivity contribution < 1.29 is 4.79 Å². The molecule has 2 aromatic carbocycles. The lowest BCUT2D eigenvalue weighted by molar-refractivity contribution is 0.102. The van der Waals surface area contributed by atoms with Gasteiger partial charge in [-0.3, -0.25) is 9.48 Å². The number of hydrogen-bond acceptors (Lipinski definition) is 3. The van der Waals surface area contributed by atoms with Crippen LogP contribution in [-0.4, -0.2) is 25.2 Å². The molecule has 2 heterocycles. The minimum Gasteiger partial charge on any atom is -0.327 e. The lowest BCUT2D eigenvalue weighted by atomic mass is 10.2. The number of fused-ring (bicyclic) bond motifs is 1. The maximum Gasteiger partial charge on any atom is 0.259 e. The lowest BCUT2D eigenvalue weighted by Gasteiger charge is -2.07. The number of aromatic nitrogens is 4. The third-order valence-corrected chi connectivity index (χ3v) is 4.67. The van der Waals surface area contributed by atoms with Crippen molar-refractivity contribution in [3.8, 4) is 11.4 Å². The summed E-state index contributed by atoms with van der Waals surface area (Å²) in [6.45, 7) is 1.87. The number of imidazole rings is 1. The normalized spacial score (nSPS) is 11.0. The Morgan fingerprint density at radius 2 is 1.77 bits per heavy atom. The molecule has 0 saturated carbocycles. The number of carbonyl (C=O) groups is 1. The van der Waals surface area contributed by atoms with Gasteiger partial charge in [0.25, 0.3) is 5.91 Å². The fraction of sp³-hybridized carbons (Fsp3) is 0.150. The van der Waals surface area contributed by atoms with Gasteiger partial charge in [-0.1, -0.05) is 12.1 Å². The molecular formula is C20H19N5O. The van der Waals surface area contributed by atoms with E-state index < -0.39 is 0 Å². The van der Waals surface area contributed by atoms with E-state index in [9.17, 15) is 4.79 Å². The van der Waals surface area contributed by atoms with Crippen molar-refractivity contribution in [2.24, 2.45) is 14.1 Å². The van der Waals surface area contributed by atoms with Crippen LogP contribution in [0.2, 0.25) is 0 Å². The highest BCUT2D eigenvalue weighted by Gasteiger charge is 2.13. The Hall–Kier alpha value is -3.41. The van der Waals surface area contributed by atoms with E-state index in [-0.39, 0.29) is 5.91 Å². The van der Waals surface area contributed by atoms with Gasteiger partial charge in [0.2, 0.25) is 0 Å². The van der Waals surface area contributed by atoms with Crippen LogP contribution in [0.3, 0.4) is 0 Å². The quantitative estimate of drug-likeness (QED) is 0.618. The SMILES string of the molecule is Cc1c(C(=O)Nc2ccc(-c3nc4ccccc4n3C)cc2)cnn1C. The van der Waals surface area contributed by atoms with Gasteiger partial charge in [0, 0.05) is 31.0 Å². The highest BCUT2D eigenvalue weighted by atomic mass is 16.1. The minimum atomic E-state index is -0.161. The Balaban J connectivity index is 1.59. The number of amides is 1. The molecule has 0 bridgehead atoms. The molecule has 0 saturated heterocycles. The van der Waals surface area contributed by atoms with E-state index in [2.05, 4.69) is 21.0 Å². The average Bonchev–Trinajstić information content (AvgIpc) is 3.16. The number of nitrogens with zero attached hydrogens (tertiary/aromatic N) is 4. The van der Waals surface area contributed by atoms with Gasteiger partial charge >= 0.3 is 0 Å². The Kier molecular flexibility index (Phi) is 3.80. The van der Waals surface area contributed by atoms with Crippen LogP contribution in [0.1, 0.15) is 16.1 Å². The molecule has 0 spiro atoms.